The summed E-state index contributed by atoms with van der Waals surface area (Å²) in [6.07, 6.45) is 4.33. The molecule has 5 nitrogen and oxygen atoms in total. The zero-order valence-electron chi connectivity index (χ0n) is 12.9. The minimum atomic E-state index is -0.587. The van der Waals surface area contributed by atoms with Gasteiger partial charge in [0, 0.05) is 5.92 Å². The van der Waals surface area contributed by atoms with E-state index in [1.165, 1.54) is 14.2 Å². The molecule has 0 saturated heterocycles. The van der Waals surface area contributed by atoms with E-state index in [4.69, 9.17) is 14.2 Å². The summed E-state index contributed by atoms with van der Waals surface area (Å²) < 4.78 is 14.9. The number of hydrogen-bond acceptors (Lipinski definition) is 5. The van der Waals surface area contributed by atoms with Crippen LogP contribution in [0, 0.1) is 11.8 Å². The Balaban J connectivity index is 2.37. The minimum absolute atomic E-state index is 0.226. The van der Waals surface area contributed by atoms with Crippen molar-refractivity contribution in [3.8, 4) is 5.75 Å². The number of carbonyl (C=O) groups excluding carboxylic acids is 2. The van der Waals surface area contributed by atoms with E-state index >= 15 is 0 Å². The summed E-state index contributed by atoms with van der Waals surface area (Å²) >= 11 is 0. The van der Waals surface area contributed by atoms with Gasteiger partial charge in [-0.15, -0.1) is 0 Å². The molecule has 0 saturated carbocycles. The molecule has 5 heteroatoms. The average molecular weight is 304 g/mol. The van der Waals surface area contributed by atoms with Crippen LogP contribution < -0.4 is 4.74 Å². The highest BCUT2D eigenvalue weighted by Crippen LogP contribution is 2.39. The van der Waals surface area contributed by atoms with E-state index in [2.05, 4.69) is 0 Å². The number of rotatable bonds is 4. The van der Waals surface area contributed by atoms with Gasteiger partial charge in [-0.3, -0.25) is 9.59 Å². The summed E-state index contributed by atoms with van der Waals surface area (Å²) in [7, 11) is 4.26. The second-order valence-corrected chi connectivity index (χ2v) is 5.14. The first-order valence-electron chi connectivity index (χ1n) is 7.08. The standard InChI is InChI=1S/C17H20O5/c1-20-12-9-7-11(8-10-12)13-5-4-6-14(16(18)21-2)15(13)17(19)22-3/h4-5,7-10,13-15H,6H2,1-3H3. The van der Waals surface area contributed by atoms with Crippen molar-refractivity contribution in [3.63, 3.8) is 0 Å². The van der Waals surface area contributed by atoms with Gasteiger partial charge in [-0.25, -0.2) is 0 Å². The van der Waals surface area contributed by atoms with Gasteiger partial charge in [0.2, 0.25) is 0 Å². The molecule has 0 N–H and O–H groups in total. The highest BCUT2D eigenvalue weighted by atomic mass is 16.5. The minimum Gasteiger partial charge on any atom is -0.497 e. The maximum absolute atomic E-state index is 12.2. The molecule has 1 aliphatic carbocycles. The van der Waals surface area contributed by atoms with Crippen LogP contribution in [-0.4, -0.2) is 33.3 Å². The molecule has 1 aliphatic rings. The number of esters is 2. The van der Waals surface area contributed by atoms with Crippen LogP contribution in [0.4, 0.5) is 0 Å². The predicted octanol–water partition coefficient (Wildman–Crippen LogP) is 2.32. The van der Waals surface area contributed by atoms with Crippen LogP contribution in [0.3, 0.4) is 0 Å². The molecule has 3 atom stereocenters. The Morgan fingerprint density at radius 2 is 1.64 bits per heavy atom. The SMILES string of the molecule is COC(=O)C1CC=CC(c2ccc(OC)cc2)C1C(=O)OC. The lowest BCUT2D eigenvalue weighted by Crippen LogP contribution is -2.37. The van der Waals surface area contributed by atoms with Crippen LogP contribution in [0.15, 0.2) is 36.4 Å². The average Bonchev–Trinajstić information content (AvgIpc) is 2.59. The van der Waals surface area contributed by atoms with Crippen LogP contribution in [0.25, 0.3) is 0 Å². The molecule has 2 rings (SSSR count). The fourth-order valence-electron chi connectivity index (χ4n) is 2.87. The highest BCUT2D eigenvalue weighted by molar-refractivity contribution is 5.83. The van der Waals surface area contributed by atoms with E-state index in [1.54, 1.807) is 7.11 Å². The van der Waals surface area contributed by atoms with Gasteiger partial charge in [-0.2, -0.15) is 0 Å². The summed E-state index contributed by atoms with van der Waals surface area (Å²) in [5, 5.41) is 0. The first kappa shape index (κ1) is 16.1. The maximum Gasteiger partial charge on any atom is 0.310 e. The zero-order chi connectivity index (χ0) is 16.1. The summed E-state index contributed by atoms with van der Waals surface area (Å²) in [6.45, 7) is 0. The van der Waals surface area contributed by atoms with E-state index in [1.807, 2.05) is 36.4 Å². The summed E-state index contributed by atoms with van der Waals surface area (Å²) in [6, 6.07) is 7.45. The number of hydrogen-bond donors (Lipinski definition) is 0. The van der Waals surface area contributed by atoms with Crippen molar-refractivity contribution in [2.24, 2.45) is 11.8 Å². The Morgan fingerprint density at radius 1 is 1.00 bits per heavy atom. The van der Waals surface area contributed by atoms with Crippen LogP contribution in [0.5, 0.6) is 5.75 Å². The number of benzene rings is 1. The van der Waals surface area contributed by atoms with Crippen LogP contribution in [-0.2, 0) is 19.1 Å². The van der Waals surface area contributed by atoms with Crippen molar-refractivity contribution in [2.45, 2.75) is 12.3 Å². The van der Waals surface area contributed by atoms with Crippen molar-refractivity contribution in [1.82, 2.24) is 0 Å². The molecule has 0 amide bonds. The van der Waals surface area contributed by atoms with Gasteiger partial charge < -0.3 is 14.2 Å². The van der Waals surface area contributed by atoms with E-state index in [9.17, 15) is 9.59 Å². The summed E-state index contributed by atoms with van der Waals surface area (Å²) in [5.74, 6) is -1.40. The molecule has 1 aromatic rings. The lowest BCUT2D eigenvalue weighted by atomic mass is 9.73. The zero-order valence-corrected chi connectivity index (χ0v) is 12.9. The van der Waals surface area contributed by atoms with Gasteiger partial charge in [0.25, 0.3) is 0 Å². The Kier molecular flexibility index (Phi) is 5.20. The number of methoxy groups -OCH3 is 3. The summed E-state index contributed by atoms with van der Waals surface area (Å²) in [4.78, 5) is 24.2. The largest absolute Gasteiger partial charge is 0.497 e. The monoisotopic (exact) mass is 304 g/mol. The molecule has 0 heterocycles. The maximum atomic E-state index is 12.2. The topological polar surface area (TPSA) is 61.8 Å². The van der Waals surface area contributed by atoms with E-state index in [0.717, 1.165) is 11.3 Å². The number of ether oxygens (including phenoxy) is 3. The van der Waals surface area contributed by atoms with Gasteiger partial charge in [-0.1, -0.05) is 24.3 Å². The van der Waals surface area contributed by atoms with Crippen LogP contribution >= 0.6 is 0 Å². The van der Waals surface area contributed by atoms with Gasteiger partial charge in [0.15, 0.2) is 0 Å². The third-order valence-corrected chi connectivity index (χ3v) is 4.03. The second kappa shape index (κ2) is 7.11. The molecular formula is C17H20O5. The third kappa shape index (κ3) is 3.13. The third-order valence-electron chi connectivity index (χ3n) is 4.03. The van der Waals surface area contributed by atoms with Gasteiger partial charge >= 0.3 is 11.9 Å². The van der Waals surface area contributed by atoms with Gasteiger partial charge in [0.05, 0.1) is 33.2 Å². The lowest BCUT2D eigenvalue weighted by molar-refractivity contribution is -0.158. The highest BCUT2D eigenvalue weighted by Gasteiger charge is 2.42. The molecular weight excluding hydrogens is 284 g/mol. The Morgan fingerprint density at radius 3 is 2.18 bits per heavy atom. The van der Waals surface area contributed by atoms with Crippen molar-refractivity contribution in [1.29, 1.82) is 0 Å². The first-order chi connectivity index (χ1) is 10.6. The molecule has 118 valence electrons. The first-order valence-corrected chi connectivity index (χ1v) is 7.08. The molecule has 0 aliphatic heterocycles. The number of carbonyl (C=O) groups is 2. The molecule has 3 unspecified atom stereocenters. The quantitative estimate of drug-likeness (QED) is 0.631. The van der Waals surface area contributed by atoms with Crippen molar-refractivity contribution in [3.05, 3.63) is 42.0 Å². The Labute approximate surface area is 129 Å². The van der Waals surface area contributed by atoms with Crippen LogP contribution in [0.1, 0.15) is 17.9 Å². The predicted molar refractivity (Wildman–Crippen MR) is 80.5 cm³/mol. The number of allylic oxidation sites excluding steroid dienone is 2. The fourth-order valence-corrected chi connectivity index (χ4v) is 2.87. The Bertz CT molecular complexity index is 561. The smallest absolute Gasteiger partial charge is 0.310 e. The summed E-state index contributed by atoms with van der Waals surface area (Å²) in [5.41, 5.74) is 0.932. The Hall–Kier alpha value is -2.30. The molecule has 0 radical (unpaired) electrons. The molecule has 0 aromatic heterocycles. The normalized spacial score (nSPS) is 23.7. The van der Waals surface area contributed by atoms with Crippen molar-refractivity contribution in [2.75, 3.05) is 21.3 Å². The lowest BCUT2D eigenvalue weighted by Gasteiger charge is -2.31. The van der Waals surface area contributed by atoms with E-state index < -0.39 is 23.8 Å². The van der Waals surface area contributed by atoms with Gasteiger partial charge in [0.1, 0.15) is 5.75 Å². The fraction of sp³-hybridized carbons (Fsp3) is 0.412. The van der Waals surface area contributed by atoms with E-state index in [0.29, 0.717) is 6.42 Å². The molecule has 0 fully saturated rings. The molecule has 0 spiro atoms. The van der Waals surface area contributed by atoms with E-state index in [-0.39, 0.29) is 5.92 Å². The second-order valence-electron chi connectivity index (χ2n) is 5.14. The van der Waals surface area contributed by atoms with Crippen molar-refractivity contribution < 1.29 is 23.8 Å². The molecule has 0 bridgehead atoms. The van der Waals surface area contributed by atoms with Crippen LogP contribution in [0.2, 0.25) is 0 Å². The molecule has 22 heavy (non-hydrogen) atoms. The molecule has 1 aromatic carbocycles. The van der Waals surface area contributed by atoms with Gasteiger partial charge in [-0.05, 0) is 24.1 Å². The van der Waals surface area contributed by atoms with Crippen molar-refractivity contribution >= 4 is 11.9 Å².